The summed E-state index contributed by atoms with van der Waals surface area (Å²) in [7, 11) is 0. The molecule has 0 fully saturated rings. The molecule has 4 nitrogen and oxygen atoms in total. The van der Waals surface area contributed by atoms with Gasteiger partial charge in [-0.05, 0) is 32.3 Å². The Bertz CT molecular complexity index is 475. The van der Waals surface area contributed by atoms with Crippen molar-refractivity contribution in [3.05, 3.63) is 47.5 Å². The second-order valence-corrected chi connectivity index (χ2v) is 4.77. The lowest BCUT2D eigenvalue weighted by atomic mass is 10.1. The first-order valence-corrected chi connectivity index (χ1v) is 7.64. The van der Waals surface area contributed by atoms with E-state index in [-0.39, 0.29) is 18.1 Å². The first kappa shape index (κ1) is 19.9. The van der Waals surface area contributed by atoms with Crippen LogP contribution in [0.3, 0.4) is 0 Å². The number of carbonyl (C=O) groups excluding carboxylic acids is 1. The van der Waals surface area contributed by atoms with Gasteiger partial charge in [0.25, 0.3) is 0 Å². The van der Waals surface area contributed by atoms with Crippen molar-refractivity contribution in [1.82, 2.24) is 0 Å². The van der Waals surface area contributed by atoms with Crippen LogP contribution in [0.15, 0.2) is 42.0 Å². The fourth-order valence-corrected chi connectivity index (χ4v) is 1.75. The molecular weight excluding hydrogens is 280 g/mol. The second-order valence-electron chi connectivity index (χ2n) is 4.77. The van der Waals surface area contributed by atoms with Gasteiger partial charge in [-0.15, -0.1) is 0 Å². The topological polar surface area (TPSA) is 63.6 Å². The molecule has 0 unspecified atom stereocenters. The van der Waals surface area contributed by atoms with E-state index >= 15 is 0 Å². The summed E-state index contributed by atoms with van der Waals surface area (Å²) in [5.74, 6) is -1.58. The summed E-state index contributed by atoms with van der Waals surface area (Å²) >= 11 is 0. The number of allylic oxidation sites excluding steroid dienone is 1. The Balaban J connectivity index is 0.00000211. The molecule has 0 spiro atoms. The number of ether oxygens (including phenoxy) is 1. The highest BCUT2D eigenvalue weighted by Crippen LogP contribution is 2.09. The Kier molecular flexibility index (Phi) is 10.4. The number of carbonyl (C=O) groups is 2. The first-order valence-electron chi connectivity index (χ1n) is 7.64. The Morgan fingerprint density at radius 1 is 1.18 bits per heavy atom. The average molecular weight is 306 g/mol. The van der Waals surface area contributed by atoms with Crippen molar-refractivity contribution in [2.75, 3.05) is 0 Å². The van der Waals surface area contributed by atoms with E-state index in [1.54, 1.807) is 19.9 Å². The average Bonchev–Trinajstić information content (AvgIpc) is 2.48. The Hall–Kier alpha value is -2.10. The van der Waals surface area contributed by atoms with Crippen LogP contribution in [0.5, 0.6) is 0 Å². The molecule has 0 bridgehead atoms. The number of hydrogen-bond donors (Lipinski definition) is 1. The summed E-state index contributed by atoms with van der Waals surface area (Å²) in [4.78, 5) is 22.6. The number of aryl methyl sites for hydroxylation is 1. The van der Waals surface area contributed by atoms with Crippen LogP contribution >= 0.6 is 0 Å². The quantitative estimate of drug-likeness (QED) is 0.611. The van der Waals surface area contributed by atoms with Gasteiger partial charge in [-0.3, -0.25) is 4.79 Å². The zero-order valence-electron chi connectivity index (χ0n) is 13.8. The molecule has 0 saturated heterocycles. The molecule has 22 heavy (non-hydrogen) atoms. The highest BCUT2D eigenvalue weighted by atomic mass is 16.5. The predicted molar refractivity (Wildman–Crippen MR) is 87.7 cm³/mol. The molecule has 0 radical (unpaired) electrons. The molecule has 1 rings (SSSR count). The van der Waals surface area contributed by atoms with E-state index in [9.17, 15) is 9.59 Å². The van der Waals surface area contributed by atoms with E-state index in [0.717, 1.165) is 12.0 Å². The van der Waals surface area contributed by atoms with Gasteiger partial charge in [0, 0.05) is 5.57 Å². The summed E-state index contributed by atoms with van der Waals surface area (Å²) in [6.07, 6.45) is 2.50. The van der Waals surface area contributed by atoms with Gasteiger partial charge in [-0.2, -0.15) is 0 Å². The normalized spacial score (nSPS) is 10.7. The van der Waals surface area contributed by atoms with Crippen LogP contribution < -0.4 is 0 Å². The molecule has 0 heterocycles. The fourth-order valence-electron chi connectivity index (χ4n) is 1.75. The van der Waals surface area contributed by atoms with Crippen molar-refractivity contribution in [3.8, 4) is 0 Å². The Morgan fingerprint density at radius 3 is 2.27 bits per heavy atom. The monoisotopic (exact) mass is 306 g/mol. The summed E-state index contributed by atoms with van der Waals surface area (Å²) in [6.45, 7) is 7.47. The molecule has 0 aromatic heterocycles. The number of benzene rings is 1. The molecule has 1 aromatic carbocycles. The van der Waals surface area contributed by atoms with Gasteiger partial charge in [-0.1, -0.05) is 50.3 Å². The standard InChI is InChI=1S/C16H20O4.C2H6/c1-12(2)20-15(17)11-14(16(18)19)10-6-9-13-7-4-3-5-8-13;1-2/h3-5,7-8,10,12H,6,9,11H2,1-2H3,(H,18,19);1-2H3/b14-10+;. The number of hydrogen-bond acceptors (Lipinski definition) is 3. The lowest BCUT2D eigenvalue weighted by Gasteiger charge is -2.08. The third kappa shape index (κ3) is 8.95. The lowest BCUT2D eigenvalue weighted by Crippen LogP contribution is -2.14. The van der Waals surface area contributed by atoms with E-state index in [1.807, 2.05) is 44.2 Å². The van der Waals surface area contributed by atoms with Crippen molar-refractivity contribution < 1.29 is 19.4 Å². The molecule has 0 aliphatic rings. The van der Waals surface area contributed by atoms with Gasteiger partial charge in [0.15, 0.2) is 0 Å². The second kappa shape index (κ2) is 11.5. The molecule has 1 N–H and O–H groups in total. The zero-order valence-corrected chi connectivity index (χ0v) is 13.8. The fraction of sp³-hybridized carbons (Fsp3) is 0.444. The SMILES string of the molecule is CC.CC(C)OC(=O)C/C(=C\CCc1ccccc1)C(=O)O. The zero-order chi connectivity index (χ0) is 17.0. The molecule has 0 saturated carbocycles. The molecule has 4 heteroatoms. The summed E-state index contributed by atoms with van der Waals surface area (Å²) < 4.78 is 4.95. The molecule has 0 atom stereocenters. The molecular formula is C18H26O4. The van der Waals surface area contributed by atoms with Crippen molar-refractivity contribution in [2.45, 2.75) is 53.1 Å². The van der Waals surface area contributed by atoms with Crippen molar-refractivity contribution in [3.63, 3.8) is 0 Å². The molecule has 1 aromatic rings. The number of esters is 1. The minimum absolute atomic E-state index is 0.0894. The number of rotatable bonds is 7. The van der Waals surface area contributed by atoms with Crippen LogP contribution in [0, 0.1) is 0 Å². The highest BCUT2D eigenvalue weighted by molar-refractivity contribution is 5.92. The molecule has 0 amide bonds. The first-order chi connectivity index (χ1) is 10.5. The van der Waals surface area contributed by atoms with Crippen LogP contribution in [0.4, 0.5) is 0 Å². The van der Waals surface area contributed by atoms with Gasteiger partial charge >= 0.3 is 11.9 Å². The molecule has 0 aliphatic carbocycles. The van der Waals surface area contributed by atoms with Crippen LogP contribution in [0.2, 0.25) is 0 Å². The van der Waals surface area contributed by atoms with Crippen LogP contribution in [-0.2, 0) is 20.7 Å². The van der Waals surface area contributed by atoms with Crippen molar-refractivity contribution in [1.29, 1.82) is 0 Å². The van der Waals surface area contributed by atoms with Gasteiger partial charge in [0.2, 0.25) is 0 Å². The maximum Gasteiger partial charge on any atom is 0.331 e. The lowest BCUT2D eigenvalue weighted by molar-refractivity contribution is -0.148. The van der Waals surface area contributed by atoms with E-state index in [1.165, 1.54) is 0 Å². The number of carboxylic acid groups (broad SMARTS) is 1. The van der Waals surface area contributed by atoms with Gasteiger partial charge in [0.1, 0.15) is 0 Å². The van der Waals surface area contributed by atoms with E-state index in [0.29, 0.717) is 6.42 Å². The summed E-state index contributed by atoms with van der Waals surface area (Å²) in [5.41, 5.74) is 1.23. The minimum atomic E-state index is -1.07. The third-order valence-electron chi connectivity index (χ3n) is 2.64. The Morgan fingerprint density at radius 2 is 1.77 bits per heavy atom. The number of carboxylic acids is 1. The maximum absolute atomic E-state index is 11.5. The summed E-state index contributed by atoms with van der Waals surface area (Å²) in [6, 6.07) is 9.79. The van der Waals surface area contributed by atoms with Crippen LogP contribution in [0.1, 0.15) is 46.1 Å². The molecule has 0 aliphatic heterocycles. The third-order valence-corrected chi connectivity index (χ3v) is 2.64. The van der Waals surface area contributed by atoms with Crippen molar-refractivity contribution in [2.24, 2.45) is 0 Å². The van der Waals surface area contributed by atoms with Crippen LogP contribution in [-0.4, -0.2) is 23.1 Å². The van der Waals surface area contributed by atoms with E-state index in [2.05, 4.69) is 0 Å². The predicted octanol–water partition coefficient (Wildman–Crippen LogP) is 4.00. The van der Waals surface area contributed by atoms with Crippen molar-refractivity contribution >= 4 is 11.9 Å². The molecule has 122 valence electrons. The Labute approximate surface area is 132 Å². The minimum Gasteiger partial charge on any atom is -0.478 e. The van der Waals surface area contributed by atoms with Crippen LogP contribution in [0.25, 0.3) is 0 Å². The smallest absolute Gasteiger partial charge is 0.331 e. The maximum atomic E-state index is 11.5. The van der Waals surface area contributed by atoms with E-state index < -0.39 is 11.9 Å². The number of aliphatic carboxylic acids is 1. The van der Waals surface area contributed by atoms with E-state index in [4.69, 9.17) is 9.84 Å². The van der Waals surface area contributed by atoms with Gasteiger partial charge < -0.3 is 9.84 Å². The largest absolute Gasteiger partial charge is 0.478 e. The van der Waals surface area contributed by atoms with Gasteiger partial charge in [-0.25, -0.2) is 4.79 Å². The van der Waals surface area contributed by atoms with Gasteiger partial charge in [0.05, 0.1) is 12.5 Å². The summed E-state index contributed by atoms with van der Waals surface area (Å²) in [5, 5.41) is 9.08. The highest BCUT2D eigenvalue weighted by Gasteiger charge is 2.14.